The number of anilines is 1. The summed E-state index contributed by atoms with van der Waals surface area (Å²) in [5.74, 6) is -0.419. The van der Waals surface area contributed by atoms with Gasteiger partial charge in [-0.3, -0.25) is 13.9 Å². The Hall–Kier alpha value is -3.47. The van der Waals surface area contributed by atoms with Crippen molar-refractivity contribution in [3.8, 4) is 11.5 Å². The van der Waals surface area contributed by atoms with Gasteiger partial charge < -0.3 is 19.7 Å². The second-order valence-electron chi connectivity index (χ2n) is 9.47. The summed E-state index contributed by atoms with van der Waals surface area (Å²) >= 11 is 12.3. The number of ether oxygens (including phenoxy) is 2. The van der Waals surface area contributed by atoms with E-state index in [-0.39, 0.29) is 39.8 Å². The van der Waals surface area contributed by atoms with Crippen LogP contribution >= 0.6 is 23.2 Å². The number of carbonyl (C=O) groups excluding carboxylic acids is 2. The van der Waals surface area contributed by atoms with Gasteiger partial charge in [0, 0.05) is 18.7 Å². The summed E-state index contributed by atoms with van der Waals surface area (Å²) in [7, 11) is -1.43. The molecule has 1 atom stereocenters. The highest BCUT2D eigenvalue weighted by molar-refractivity contribution is 7.92. The monoisotopic (exact) mass is 621 g/mol. The number of amides is 2. The lowest BCUT2D eigenvalue weighted by Gasteiger charge is -2.32. The Kier molecular flexibility index (Phi) is 10.9. The highest BCUT2D eigenvalue weighted by Crippen LogP contribution is 2.32. The van der Waals surface area contributed by atoms with E-state index in [1.165, 1.54) is 37.3 Å². The summed E-state index contributed by atoms with van der Waals surface area (Å²) in [6.07, 6.45) is 0. The zero-order valence-corrected chi connectivity index (χ0v) is 25.8. The van der Waals surface area contributed by atoms with Gasteiger partial charge in [-0.25, -0.2) is 8.42 Å². The van der Waals surface area contributed by atoms with Crippen LogP contribution in [0, 0.1) is 0 Å². The number of nitrogens with zero attached hydrogens (tertiary/aromatic N) is 2. The van der Waals surface area contributed by atoms with Gasteiger partial charge in [-0.05, 0) is 62.7 Å². The van der Waals surface area contributed by atoms with Crippen LogP contribution in [0.2, 0.25) is 10.0 Å². The summed E-state index contributed by atoms with van der Waals surface area (Å²) in [5.41, 5.74) is 0.885. The molecule has 3 aromatic carbocycles. The minimum Gasteiger partial charge on any atom is -0.493 e. The number of carbonyl (C=O) groups is 2. The lowest BCUT2D eigenvalue weighted by molar-refractivity contribution is -0.139. The van der Waals surface area contributed by atoms with Crippen molar-refractivity contribution in [2.75, 3.05) is 25.1 Å². The lowest BCUT2D eigenvalue weighted by atomic mass is 10.1. The van der Waals surface area contributed by atoms with Gasteiger partial charge >= 0.3 is 0 Å². The number of benzene rings is 3. The standard InChI is InChI=1S/C29H33Cl2N3O6S/c1-19(2)32-29(36)20(3)33(17-21-11-13-24(30)25(31)15-21)28(35)18-34(22-9-7-6-8-10-22)41(37,38)23-12-14-26(39-4)27(16-23)40-5/h6-16,19-20H,17-18H2,1-5H3,(H,32,36)/t20-/m0/s1. The van der Waals surface area contributed by atoms with Crippen LogP contribution in [0.15, 0.2) is 71.6 Å². The van der Waals surface area contributed by atoms with Crippen LogP contribution in [0.25, 0.3) is 0 Å². The zero-order chi connectivity index (χ0) is 30.3. The van der Waals surface area contributed by atoms with Crippen LogP contribution < -0.4 is 19.1 Å². The van der Waals surface area contributed by atoms with Gasteiger partial charge in [0.15, 0.2) is 11.5 Å². The van der Waals surface area contributed by atoms with Gasteiger partial charge in [0.2, 0.25) is 11.8 Å². The van der Waals surface area contributed by atoms with Crippen molar-refractivity contribution in [1.82, 2.24) is 10.2 Å². The van der Waals surface area contributed by atoms with E-state index in [0.29, 0.717) is 16.3 Å². The minimum absolute atomic E-state index is 0.0125. The molecule has 0 radical (unpaired) electrons. The fourth-order valence-electron chi connectivity index (χ4n) is 4.05. The molecule has 0 aliphatic rings. The molecule has 12 heteroatoms. The lowest BCUT2D eigenvalue weighted by Crippen LogP contribution is -2.52. The normalized spacial score (nSPS) is 12.0. The van der Waals surface area contributed by atoms with Crippen molar-refractivity contribution >= 4 is 50.7 Å². The molecule has 0 aliphatic carbocycles. The summed E-state index contributed by atoms with van der Waals surface area (Å²) in [5, 5.41) is 3.44. The number of halogens is 2. The van der Waals surface area contributed by atoms with Gasteiger partial charge in [-0.15, -0.1) is 0 Å². The second-order valence-corrected chi connectivity index (χ2v) is 12.2. The first-order chi connectivity index (χ1) is 19.4. The zero-order valence-electron chi connectivity index (χ0n) is 23.4. The molecule has 0 unspecified atom stereocenters. The number of hydrogen-bond acceptors (Lipinski definition) is 6. The molecule has 220 valence electrons. The Bertz CT molecular complexity index is 1490. The predicted octanol–water partition coefficient (Wildman–Crippen LogP) is 5.15. The molecule has 9 nitrogen and oxygen atoms in total. The van der Waals surface area contributed by atoms with Crippen molar-refractivity contribution in [3.05, 3.63) is 82.3 Å². The first-order valence-electron chi connectivity index (χ1n) is 12.7. The smallest absolute Gasteiger partial charge is 0.264 e. The molecule has 3 aromatic rings. The first-order valence-corrected chi connectivity index (χ1v) is 14.9. The largest absolute Gasteiger partial charge is 0.493 e. The quantitative estimate of drug-likeness (QED) is 0.300. The van der Waals surface area contributed by atoms with E-state index < -0.39 is 28.5 Å². The van der Waals surface area contributed by atoms with Crippen LogP contribution in [-0.2, 0) is 26.2 Å². The molecule has 0 aromatic heterocycles. The molecule has 0 heterocycles. The van der Waals surface area contributed by atoms with Crippen molar-refractivity contribution in [1.29, 1.82) is 0 Å². The molecule has 1 N–H and O–H groups in total. The Labute approximate surface area is 251 Å². The second kappa shape index (κ2) is 13.9. The number of hydrogen-bond donors (Lipinski definition) is 1. The van der Waals surface area contributed by atoms with Gasteiger partial charge in [-0.2, -0.15) is 0 Å². The Balaban J connectivity index is 2.05. The SMILES string of the molecule is COc1ccc(S(=O)(=O)N(CC(=O)N(Cc2ccc(Cl)c(Cl)c2)[C@@H](C)C(=O)NC(C)C)c2ccccc2)cc1OC. The van der Waals surface area contributed by atoms with E-state index in [1.54, 1.807) is 55.5 Å². The Morgan fingerprint density at radius 1 is 0.878 bits per heavy atom. The van der Waals surface area contributed by atoms with E-state index in [4.69, 9.17) is 32.7 Å². The topological polar surface area (TPSA) is 105 Å². The molecule has 2 amide bonds. The maximum Gasteiger partial charge on any atom is 0.264 e. The van der Waals surface area contributed by atoms with E-state index in [9.17, 15) is 18.0 Å². The van der Waals surface area contributed by atoms with E-state index in [1.807, 2.05) is 13.8 Å². The summed E-state index contributed by atoms with van der Waals surface area (Å²) in [6.45, 7) is 4.61. The van der Waals surface area contributed by atoms with E-state index in [0.717, 1.165) is 4.31 Å². The van der Waals surface area contributed by atoms with Crippen molar-refractivity contribution in [3.63, 3.8) is 0 Å². The molecule has 0 spiro atoms. The third-order valence-corrected chi connectivity index (χ3v) is 8.71. The van der Waals surface area contributed by atoms with Crippen LogP contribution in [0.3, 0.4) is 0 Å². The van der Waals surface area contributed by atoms with E-state index in [2.05, 4.69) is 5.32 Å². The summed E-state index contributed by atoms with van der Waals surface area (Å²) in [4.78, 5) is 28.2. The summed E-state index contributed by atoms with van der Waals surface area (Å²) in [6, 6.07) is 16.2. The Morgan fingerprint density at radius 2 is 1.54 bits per heavy atom. The maximum absolute atomic E-state index is 14.0. The maximum atomic E-state index is 14.0. The molecule has 0 bridgehead atoms. The average Bonchev–Trinajstić information content (AvgIpc) is 2.95. The molecule has 0 saturated heterocycles. The molecule has 41 heavy (non-hydrogen) atoms. The third kappa shape index (κ3) is 7.84. The molecular weight excluding hydrogens is 589 g/mol. The first kappa shape index (κ1) is 32.0. The number of methoxy groups -OCH3 is 2. The van der Waals surface area contributed by atoms with Crippen molar-refractivity contribution in [2.24, 2.45) is 0 Å². The third-order valence-electron chi connectivity index (χ3n) is 6.20. The van der Waals surface area contributed by atoms with Crippen LogP contribution in [0.4, 0.5) is 5.69 Å². The van der Waals surface area contributed by atoms with Crippen LogP contribution in [0.5, 0.6) is 11.5 Å². The highest BCUT2D eigenvalue weighted by Gasteiger charge is 2.33. The minimum atomic E-state index is -4.28. The fraction of sp³-hybridized carbons (Fsp3) is 0.310. The van der Waals surface area contributed by atoms with E-state index >= 15 is 0 Å². The number of sulfonamides is 1. The van der Waals surface area contributed by atoms with Gasteiger partial charge in [0.05, 0.1) is 34.8 Å². The number of nitrogens with one attached hydrogen (secondary N) is 1. The Morgan fingerprint density at radius 3 is 2.12 bits per heavy atom. The van der Waals surface area contributed by atoms with Crippen molar-refractivity contribution < 1.29 is 27.5 Å². The molecule has 0 fully saturated rings. The fourth-order valence-corrected chi connectivity index (χ4v) is 5.80. The van der Waals surface area contributed by atoms with Crippen molar-refractivity contribution in [2.45, 2.75) is 44.3 Å². The number of para-hydroxylation sites is 1. The average molecular weight is 623 g/mol. The van der Waals surface area contributed by atoms with Crippen LogP contribution in [0.1, 0.15) is 26.3 Å². The highest BCUT2D eigenvalue weighted by atomic mass is 35.5. The number of rotatable bonds is 12. The molecule has 0 saturated carbocycles. The van der Waals surface area contributed by atoms with Gasteiger partial charge in [-0.1, -0.05) is 47.5 Å². The summed E-state index contributed by atoms with van der Waals surface area (Å²) < 4.78 is 39.5. The molecule has 0 aliphatic heterocycles. The molecule has 3 rings (SSSR count). The van der Waals surface area contributed by atoms with Gasteiger partial charge in [0.1, 0.15) is 12.6 Å². The molecular formula is C29H33Cl2N3O6S. The van der Waals surface area contributed by atoms with Gasteiger partial charge in [0.25, 0.3) is 10.0 Å². The predicted molar refractivity (Wildman–Crippen MR) is 160 cm³/mol. The van der Waals surface area contributed by atoms with Crippen LogP contribution in [-0.4, -0.2) is 58.0 Å².